The Labute approximate surface area is 114 Å². The monoisotopic (exact) mass is 257 g/mol. The van der Waals surface area contributed by atoms with E-state index in [0.29, 0.717) is 11.3 Å². The molecule has 0 spiro atoms. The number of likely N-dealkylation sites (tertiary alicyclic amines) is 1. The van der Waals surface area contributed by atoms with Gasteiger partial charge >= 0.3 is 0 Å². The summed E-state index contributed by atoms with van der Waals surface area (Å²) in [7, 11) is 0. The van der Waals surface area contributed by atoms with Gasteiger partial charge in [-0.1, -0.05) is 34.6 Å². The van der Waals surface area contributed by atoms with Gasteiger partial charge in [0.25, 0.3) is 0 Å². The zero-order valence-electron chi connectivity index (χ0n) is 12.5. The highest BCUT2D eigenvalue weighted by atomic mass is 32.1. The summed E-state index contributed by atoms with van der Waals surface area (Å²) in [5, 5.41) is 0. The third-order valence-corrected chi connectivity index (χ3v) is 5.06. The van der Waals surface area contributed by atoms with E-state index in [9.17, 15) is 0 Å². The molecule has 102 valence electrons. The van der Waals surface area contributed by atoms with Crippen molar-refractivity contribution < 1.29 is 0 Å². The Bertz CT molecular complexity index is 234. The molecular formula is C15H31NS. The molecular weight excluding hydrogens is 226 g/mol. The van der Waals surface area contributed by atoms with Crippen LogP contribution in [0, 0.1) is 23.2 Å². The van der Waals surface area contributed by atoms with E-state index in [1.807, 2.05) is 0 Å². The van der Waals surface area contributed by atoms with Gasteiger partial charge in [0.1, 0.15) is 0 Å². The summed E-state index contributed by atoms with van der Waals surface area (Å²) < 4.78 is 0. The van der Waals surface area contributed by atoms with Crippen molar-refractivity contribution in [2.75, 3.05) is 18.8 Å². The Balaban J connectivity index is 2.65. The molecule has 2 heteroatoms. The van der Waals surface area contributed by atoms with E-state index in [4.69, 9.17) is 0 Å². The molecule has 0 bridgehead atoms. The average molecular weight is 257 g/mol. The minimum atomic E-state index is 0.366. The molecule has 1 nitrogen and oxygen atoms in total. The first-order valence-corrected chi connectivity index (χ1v) is 7.73. The van der Waals surface area contributed by atoms with Crippen molar-refractivity contribution in [1.29, 1.82) is 0 Å². The quantitative estimate of drug-likeness (QED) is 0.749. The molecule has 0 saturated carbocycles. The number of hydrogen-bond acceptors (Lipinski definition) is 2. The number of piperidine rings is 1. The minimum Gasteiger partial charge on any atom is -0.300 e. The number of rotatable bonds is 3. The van der Waals surface area contributed by atoms with Crippen molar-refractivity contribution in [3.63, 3.8) is 0 Å². The Morgan fingerprint density at radius 3 is 2.29 bits per heavy atom. The predicted molar refractivity (Wildman–Crippen MR) is 80.8 cm³/mol. The molecule has 0 aromatic rings. The molecule has 17 heavy (non-hydrogen) atoms. The van der Waals surface area contributed by atoms with Crippen LogP contribution in [0.5, 0.6) is 0 Å². The van der Waals surface area contributed by atoms with Crippen molar-refractivity contribution in [1.82, 2.24) is 4.90 Å². The van der Waals surface area contributed by atoms with E-state index < -0.39 is 0 Å². The van der Waals surface area contributed by atoms with Crippen molar-refractivity contribution in [2.24, 2.45) is 23.2 Å². The van der Waals surface area contributed by atoms with Crippen LogP contribution in [0.1, 0.15) is 48.0 Å². The van der Waals surface area contributed by atoms with Crippen LogP contribution in [-0.4, -0.2) is 29.8 Å². The van der Waals surface area contributed by atoms with Gasteiger partial charge in [-0.25, -0.2) is 0 Å². The Kier molecular flexibility index (Phi) is 5.39. The van der Waals surface area contributed by atoms with Crippen LogP contribution in [0.3, 0.4) is 0 Å². The molecule has 0 amide bonds. The first kappa shape index (κ1) is 15.4. The summed E-state index contributed by atoms with van der Waals surface area (Å²) in [5.74, 6) is 3.36. The fourth-order valence-corrected chi connectivity index (χ4v) is 3.63. The Hall–Kier alpha value is 0.310. The zero-order chi connectivity index (χ0) is 13.2. The molecule has 0 aromatic heterocycles. The fraction of sp³-hybridized carbons (Fsp3) is 1.00. The lowest BCUT2D eigenvalue weighted by molar-refractivity contribution is 0.0490. The van der Waals surface area contributed by atoms with Gasteiger partial charge in [-0.15, -0.1) is 0 Å². The van der Waals surface area contributed by atoms with Crippen molar-refractivity contribution >= 4 is 12.6 Å². The normalized spacial score (nSPS) is 33.7. The zero-order valence-corrected chi connectivity index (χ0v) is 13.4. The second kappa shape index (κ2) is 5.97. The van der Waals surface area contributed by atoms with Gasteiger partial charge in [-0.3, -0.25) is 4.90 Å². The topological polar surface area (TPSA) is 3.24 Å². The van der Waals surface area contributed by atoms with Gasteiger partial charge in [-0.2, -0.15) is 12.6 Å². The summed E-state index contributed by atoms with van der Waals surface area (Å²) in [6, 6.07) is 0.732. The summed E-state index contributed by atoms with van der Waals surface area (Å²) >= 11 is 4.56. The van der Waals surface area contributed by atoms with Gasteiger partial charge in [0, 0.05) is 19.1 Å². The van der Waals surface area contributed by atoms with Crippen LogP contribution in [0.15, 0.2) is 0 Å². The predicted octanol–water partition coefficient (Wildman–Crippen LogP) is 3.94. The van der Waals surface area contributed by atoms with Gasteiger partial charge < -0.3 is 0 Å². The van der Waals surface area contributed by atoms with E-state index >= 15 is 0 Å². The summed E-state index contributed by atoms with van der Waals surface area (Å²) in [6.07, 6.45) is 1.39. The molecule has 1 aliphatic rings. The highest BCUT2D eigenvalue weighted by Gasteiger charge is 2.32. The molecule has 0 radical (unpaired) electrons. The second-order valence-electron chi connectivity index (χ2n) is 7.26. The third kappa shape index (κ3) is 4.17. The van der Waals surface area contributed by atoms with E-state index in [1.54, 1.807) is 0 Å². The van der Waals surface area contributed by atoms with Crippen LogP contribution in [0.4, 0.5) is 0 Å². The summed E-state index contributed by atoms with van der Waals surface area (Å²) in [4.78, 5) is 2.70. The van der Waals surface area contributed by atoms with E-state index in [2.05, 4.69) is 59.1 Å². The number of nitrogens with zero attached hydrogens (tertiary/aromatic N) is 1. The third-order valence-electron chi connectivity index (χ3n) is 4.62. The van der Waals surface area contributed by atoms with Crippen LogP contribution >= 0.6 is 12.6 Å². The lowest BCUT2D eigenvalue weighted by Gasteiger charge is -2.44. The molecule has 1 heterocycles. The van der Waals surface area contributed by atoms with Crippen molar-refractivity contribution in [2.45, 2.75) is 54.0 Å². The molecule has 1 saturated heterocycles. The molecule has 0 N–H and O–H groups in total. The minimum absolute atomic E-state index is 0.366. The van der Waals surface area contributed by atoms with Crippen molar-refractivity contribution in [3.05, 3.63) is 0 Å². The van der Waals surface area contributed by atoms with Crippen LogP contribution in [0.25, 0.3) is 0 Å². The molecule has 4 atom stereocenters. The van der Waals surface area contributed by atoms with E-state index in [1.165, 1.54) is 19.5 Å². The molecule has 0 aromatic carbocycles. The van der Waals surface area contributed by atoms with E-state index in [0.717, 1.165) is 23.6 Å². The summed E-state index contributed by atoms with van der Waals surface area (Å²) in [5.41, 5.74) is 0.366. The first-order chi connectivity index (χ1) is 7.75. The van der Waals surface area contributed by atoms with Gasteiger partial charge in [0.2, 0.25) is 0 Å². The van der Waals surface area contributed by atoms with Crippen LogP contribution in [-0.2, 0) is 0 Å². The smallest absolute Gasteiger partial charge is 0.00929 e. The Morgan fingerprint density at radius 2 is 1.82 bits per heavy atom. The lowest BCUT2D eigenvalue weighted by Crippen LogP contribution is -2.49. The highest BCUT2D eigenvalue weighted by Crippen LogP contribution is 2.32. The Morgan fingerprint density at radius 1 is 1.24 bits per heavy atom. The van der Waals surface area contributed by atoms with Crippen LogP contribution in [0.2, 0.25) is 0 Å². The largest absolute Gasteiger partial charge is 0.300 e. The fourth-order valence-electron chi connectivity index (χ4n) is 2.96. The second-order valence-corrected chi connectivity index (χ2v) is 7.62. The van der Waals surface area contributed by atoms with Gasteiger partial charge in [0.05, 0.1) is 0 Å². The standard InChI is InChI=1S/C15H31NS/c1-11-7-12(2)13(3)16(8-11)9-14(10-17)15(4,5)6/h11-14,17H,7-10H2,1-6H3. The lowest BCUT2D eigenvalue weighted by atomic mass is 9.79. The molecule has 0 aliphatic carbocycles. The molecule has 1 rings (SSSR count). The maximum Gasteiger partial charge on any atom is 0.00929 e. The molecule has 1 aliphatic heterocycles. The first-order valence-electron chi connectivity index (χ1n) is 7.10. The van der Waals surface area contributed by atoms with Gasteiger partial charge in [-0.05, 0) is 42.3 Å². The van der Waals surface area contributed by atoms with Crippen molar-refractivity contribution in [3.8, 4) is 0 Å². The maximum atomic E-state index is 4.56. The van der Waals surface area contributed by atoms with E-state index in [-0.39, 0.29) is 0 Å². The SMILES string of the molecule is CC1CC(C)C(C)N(CC(CS)C(C)(C)C)C1. The number of hydrogen-bond donors (Lipinski definition) is 1. The summed E-state index contributed by atoms with van der Waals surface area (Å²) in [6.45, 7) is 16.7. The molecule has 1 fully saturated rings. The van der Waals surface area contributed by atoms with Gasteiger partial charge in [0.15, 0.2) is 0 Å². The average Bonchev–Trinajstić information content (AvgIpc) is 2.19. The highest BCUT2D eigenvalue weighted by molar-refractivity contribution is 7.80. The number of thiol groups is 1. The maximum absolute atomic E-state index is 4.56. The molecule has 4 unspecified atom stereocenters. The van der Waals surface area contributed by atoms with Crippen LogP contribution < -0.4 is 0 Å².